The van der Waals surface area contributed by atoms with E-state index in [0.717, 1.165) is 23.7 Å². The number of nitrogens with zero attached hydrogens (tertiary/aromatic N) is 4. The Hall–Kier alpha value is -3.71. The van der Waals surface area contributed by atoms with Crippen LogP contribution in [0.3, 0.4) is 0 Å². The summed E-state index contributed by atoms with van der Waals surface area (Å²) < 4.78 is 8.05. The first kappa shape index (κ1) is 22.1. The highest BCUT2D eigenvalue weighted by Gasteiger charge is 2.43. The van der Waals surface area contributed by atoms with Crippen LogP contribution in [0.4, 0.5) is 5.69 Å². The van der Waals surface area contributed by atoms with E-state index in [2.05, 4.69) is 56.8 Å². The van der Waals surface area contributed by atoms with Gasteiger partial charge in [-0.2, -0.15) is 0 Å². The Morgan fingerprint density at radius 3 is 2.59 bits per heavy atom. The summed E-state index contributed by atoms with van der Waals surface area (Å²) in [5, 5.41) is 4.20. The third-order valence-corrected chi connectivity index (χ3v) is 6.75. The minimum absolute atomic E-state index is 0.0902. The molecule has 4 aromatic rings. The molecule has 2 atom stereocenters. The molecule has 0 bridgehead atoms. The predicted octanol–water partition coefficient (Wildman–Crippen LogP) is 5.13. The van der Waals surface area contributed by atoms with Gasteiger partial charge < -0.3 is 19.5 Å². The van der Waals surface area contributed by atoms with Gasteiger partial charge in [0.05, 0.1) is 30.6 Å². The molecule has 0 radical (unpaired) electrons. The van der Waals surface area contributed by atoms with Crippen molar-refractivity contribution in [2.45, 2.75) is 32.5 Å². The second-order valence-electron chi connectivity index (χ2n) is 8.44. The van der Waals surface area contributed by atoms with Crippen molar-refractivity contribution >= 4 is 23.0 Å². The van der Waals surface area contributed by atoms with E-state index in [9.17, 15) is 0 Å². The molecule has 6 nitrogen and oxygen atoms in total. The van der Waals surface area contributed by atoms with E-state index in [-0.39, 0.29) is 12.1 Å². The summed E-state index contributed by atoms with van der Waals surface area (Å²) in [6.45, 7) is 5.09. The molecular formula is C27H27N5OS. The monoisotopic (exact) mass is 469 g/mol. The van der Waals surface area contributed by atoms with Crippen molar-refractivity contribution in [1.29, 1.82) is 0 Å². The first-order chi connectivity index (χ1) is 16.6. The van der Waals surface area contributed by atoms with Gasteiger partial charge in [-0.25, -0.2) is 0 Å². The number of methoxy groups -OCH3 is 1. The lowest BCUT2D eigenvalue weighted by Gasteiger charge is -2.29. The molecule has 0 saturated carbocycles. The molecule has 1 aromatic carbocycles. The van der Waals surface area contributed by atoms with Crippen molar-refractivity contribution in [2.24, 2.45) is 0 Å². The average molecular weight is 470 g/mol. The van der Waals surface area contributed by atoms with Gasteiger partial charge in [-0.1, -0.05) is 24.3 Å². The van der Waals surface area contributed by atoms with Gasteiger partial charge in [-0.3, -0.25) is 9.97 Å². The van der Waals surface area contributed by atoms with Crippen LogP contribution < -0.4 is 15.0 Å². The molecule has 3 aromatic heterocycles. The lowest BCUT2D eigenvalue weighted by Crippen LogP contribution is -2.30. The van der Waals surface area contributed by atoms with Gasteiger partial charge >= 0.3 is 0 Å². The molecule has 1 N–H and O–H groups in total. The molecule has 0 spiro atoms. The average Bonchev–Trinajstić information content (AvgIpc) is 3.36. The summed E-state index contributed by atoms with van der Waals surface area (Å²) in [5.41, 5.74) is 6.63. The van der Waals surface area contributed by atoms with Crippen molar-refractivity contribution < 1.29 is 4.74 Å². The second kappa shape index (κ2) is 9.27. The fraction of sp³-hybridized carbons (Fsp3) is 0.222. The fourth-order valence-electron chi connectivity index (χ4n) is 4.80. The van der Waals surface area contributed by atoms with Crippen molar-refractivity contribution in [3.63, 3.8) is 0 Å². The SMILES string of the molecule is COc1ccccc1N1C(=S)N[C@H](c2ccccn2)[C@@H]1c1cc(C)n(Cc2cccnc2)c1C. The summed E-state index contributed by atoms with van der Waals surface area (Å²) in [4.78, 5) is 11.1. The molecule has 1 aliphatic heterocycles. The minimum atomic E-state index is -0.106. The maximum absolute atomic E-state index is 5.89. The van der Waals surface area contributed by atoms with E-state index in [0.29, 0.717) is 5.11 Å². The number of hydrogen-bond donors (Lipinski definition) is 1. The van der Waals surface area contributed by atoms with Crippen molar-refractivity contribution in [2.75, 3.05) is 12.0 Å². The van der Waals surface area contributed by atoms with Crippen LogP contribution in [0.5, 0.6) is 5.75 Å². The van der Waals surface area contributed by atoms with Gasteiger partial charge in [0, 0.05) is 36.5 Å². The van der Waals surface area contributed by atoms with Crippen LogP contribution in [0.25, 0.3) is 0 Å². The van der Waals surface area contributed by atoms with Gasteiger partial charge in [-0.05, 0) is 73.6 Å². The normalized spacial score (nSPS) is 17.6. The highest BCUT2D eigenvalue weighted by molar-refractivity contribution is 7.80. The van der Waals surface area contributed by atoms with E-state index in [1.807, 2.05) is 54.9 Å². The molecule has 5 rings (SSSR count). The highest BCUT2D eigenvalue weighted by Crippen LogP contribution is 2.45. The summed E-state index contributed by atoms with van der Waals surface area (Å²) in [6, 6.07) is 20.2. The molecule has 172 valence electrons. The molecule has 0 unspecified atom stereocenters. The molecule has 1 aliphatic rings. The van der Waals surface area contributed by atoms with Crippen LogP contribution in [0.15, 0.2) is 79.3 Å². The van der Waals surface area contributed by atoms with Gasteiger partial charge in [0.15, 0.2) is 5.11 Å². The van der Waals surface area contributed by atoms with E-state index >= 15 is 0 Å². The largest absolute Gasteiger partial charge is 0.495 e. The zero-order valence-electron chi connectivity index (χ0n) is 19.5. The number of thiocarbonyl (C=S) groups is 1. The molecular weight excluding hydrogens is 442 g/mol. The second-order valence-corrected chi connectivity index (χ2v) is 8.83. The Kier molecular flexibility index (Phi) is 6.02. The van der Waals surface area contributed by atoms with Crippen LogP contribution in [0, 0.1) is 13.8 Å². The molecule has 34 heavy (non-hydrogen) atoms. The van der Waals surface area contributed by atoms with Crippen molar-refractivity contribution in [3.05, 3.63) is 107 Å². The topological polar surface area (TPSA) is 55.2 Å². The van der Waals surface area contributed by atoms with Gasteiger partial charge in [-0.15, -0.1) is 0 Å². The summed E-state index contributed by atoms with van der Waals surface area (Å²) in [6.07, 6.45) is 5.55. The minimum Gasteiger partial charge on any atom is -0.495 e. The quantitative estimate of drug-likeness (QED) is 0.395. The van der Waals surface area contributed by atoms with E-state index in [1.54, 1.807) is 13.3 Å². The molecule has 0 amide bonds. The van der Waals surface area contributed by atoms with Crippen molar-refractivity contribution in [3.8, 4) is 5.75 Å². The first-order valence-corrected chi connectivity index (χ1v) is 11.7. The third-order valence-electron chi connectivity index (χ3n) is 6.44. The van der Waals surface area contributed by atoms with Crippen LogP contribution in [-0.4, -0.2) is 26.8 Å². The Bertz CT molecular complexity index is 1310. The molecule has 1 fully saturated rings. The van der Waals surface area contributed by atoms with E-state index in [4.69, 9.17) is 17.0 Å². The number of aromatic nitrogens is 3. The number of pyridine rings is 2. The zero-order chi connectivity index (χ0) is 23.7. The number of rotatable bonds is 6. The van der Waals surface area contributed by atoms with E-state index < -0.39 is 0 Å². The predicted molar refractivity (Wildman–Crippen MR) is 138 cm³/mol. The van der Waals surface area contributed by atoms with Gasteiger partial charge in [0.25, 0.3) is 0 Å². The zero-order valence-corrected chi connectivity index (χ0v) is 20.3. The molecule has 7 heteroatoms. The number of hydrogen-bond acceptors (Lipinski definition) is 4. The summed E-state index contributed by atoms with van der Waals surface area (Å²) in [5.74, 6) is 0.780. The molecule has 0 aliphatic carbocycles. The van der Waals surface area contributed by atoms with Gasteiger partial charge in [0.1, 0.15) is 5.75 Å². The molecule has 4 heterocycles. The van der Waals surface area contributed by atoms with Gasteiger partial charge in [0.2, 0.25) is 0 Å². The van der Waals surface area contributed by atoms with Crippen LogP contribution >= 0.6 is 12.2 Å². The van der Waals surface area contributed by atoms with Crippen LogP contribution in [-0.2, 0) is 6.54 Å². The fourth-order valence-corrected chi connectivity index (χ4v) is 5.14. The number of ether oxygens (including phenoxy) is 1. The van der Waals surface area contributed by atoms with Crippen LogP contribution in [0.1, 0.15) is 40.3 Å². The standard InChI is InChI=1S/C27H27N5OS/c1-18-15-21(19(2)31(18)17-20-9-8-13-28-16-20)26-25(22-10-6-7-14-29-22)30-27(34)32(26)23-11-4-5-12-24(23)33-3/h4-16,25-26H,17H2,1-3H3,(H,30,34)/t25-,26+/m1/s1. The maximum Gasteiger partial charge on any atom is 0.174 e. The highest BCUT2D eigenvalue weighted by atomic mass is 32.1. The Labute approximate surface area is 205 Å². The number of aryl methyl sites for hydroxylation is 1. The molecule has 1 saturated heterocycles. The third kappa shape index (κ3) is 3.92. The summed E-state index contributed by atoms with van der Waals surface area (Å²) in [7, 11) is 1.69. The lowest BCUT2D eigenvalue weighted by molar-refractivity contribution is 0.414. The first-order valence-electron chi connectivity index (χ1n) is 11.3. The van der Waals surface area contributed by atoms with Crippen molar-refractivity contribution in [1.82, 2.24) is 19.9 Å². The Balaban J connectivity index is 1.64. The Morgan fingerprint density at radius 2 is 1.85 bits per heavy atom. The maximum atomic E-state index is 5.89. The smallest absolute Gasteiger partial charge is 0.174 e. The van der Waals surface area contributed by atoms with E-state index in [1.165, 1.54) is 22.5 Å². The number of nitrogens with one attached hydrogen (secondary N) is 1. The Morgan fingerprint density at radius 1 is 1.03 bits per heavy atom. The number of para-hydroxylation sites is 2. The lowest BCUT2D eigenvalue weighted by atomic mass is 9.96. The number of anilines is 1. The van der Waals surface area contributed by atoms with Crippen LogP contribution in [0.2, 0.25) is 0 Å². The number of benzene rings is 1. The summed E-state index contributed by atoms with van der Waals surface area (Å²) >= 11 is 5.89.